The van der Waals surface area contributed by atoms with E-state index >= 15 is 0 Å². The van der Waals surface area contributed by atoms with Crippen molar-refractivity contribution in [2.45, 2.75) is 32.2 Å². The minimum Gasteiger partial charge on any atom is -0.479 e. The number of carbonyl (C=O) groups is 2. The van der Waals surface area contributed by atoms with Crippen molar-refractivity contribution >= 4 is 12.4 Å². The second kappa shape index (κ2) is 5.48. The van der Waals surface area contributed by atoms with E-state index in [-0.39, 0.29) is 0 Å². The molecule has 0 saturated carbocycles. The van der Waals surface area contributed by atoms with Crippen molar-refractivity contribution in [2.75, 3.05) is 0 Å². The van der Waals surface area contributed by atoms with Gasteiger partial charge in [0.25, 0.3) is 0 Å². The molecule has 0 spiro atoms. The maximum atomic E-state index is 11.4. The van der Waals surface area contributed by atoms with Crippen LogP contribution in [0.15, 0.2) is 24.3 Å². The lowest BCUT2D eigenvalue weighted by Crippen LogP contribution is -2.48. The molecule has 0 aliphatic carbocycles. The number of benzene rings is 1. The predicted molar refractivity (Wildman–Crippen MR) is 64.6 cm³/mol. The van der Waals surface area contributed by atoms with Crippen LogP contribution >= 0.6 is 0 Å². The topological polar surface area (TPSA) is 66.4 Å². The Morgan fingerprint density at radius 1 is 1.35 bits per heavy atom. The Morgan fingerprint density at radius 2 is 1.94 bits per heavy atom. The van der Waals surface area contributed by atoms with Crippen molar-refractivity contribution in [1.29, 1.82) is 0 Å². The largest absolute Gasteiger partial charge is 0.479 e. The van der Waals surface area contributed by atoms with Crippen LogP contribution in [0, 0.1) is 0 Å². The molecule has 0 bridgehead atoms. The van der Waals surface area contributed by atoms with Gasteiger partial charge in [-0.1, -0.05) is 38.1 Å². The first kappa shape index (κ1) is 13.2. The fraction of sp³-hybridized carbons (Fsp3) is 0.385. The Bertz CT molecular complexity index is 400. The van der Waals surface area contributed by atoms with Crippen molar-refractivity contribution in [1.82, 2.24) is 5.32 Å². The van der Waals surface area contributed by atoms with Crippen LogP contribution in [0.2, 0.25) is 0 Å². The summed E-state index contributed by atoms with van der Waals surface area (Å²) in [5.41, 5.74) is 0.403. The van der Waals surface area contributed by atoms with Gasteiger partial charge in [0.1, 0.15) is 0 Å². The molecule has 1 atom stereocenters. The van der Waals surface area contributed by atoms with Gasteiger partial charge >= 0.3 is 5.97 Å². The molecule has 0 aliphatic rings. The van der Waals surface area contributed by atoms with Gasteiger partial charge in [0.05, 0.1) is 0 Å². The standard InChI is InChI=1S/C13H17NO3/c1-3-10-5-7-11(8-6-10)13(4-2,12(16)17)14-9-15/h5-9H,3-4H2,1-2H3,(H,14,15)(H,16,17). The van der Waals surface area contributed by atoms with Crippen molar-refractivity contribution < 1.29 is 14.7 Å². The smallest absolute Gasteiger partial charge is 0.334 e. The van der Waals surface area contributed by atoms with Crippen molar-refractivity contribution in [3.8, 4) is 0 Å². The zero-order valence-corrected chi connectivity index (χ0v) is 10.1. The van der Waals surface area contributed by atoms with Gasteiger partial charge in [-0.3, -0.25) is 4.79 Å². The molecular weight excluding hydrogens is 218 g/mol. The molecule has 0 aromatic heterocycles. The normalized spacial score (nSPS) is 13.8. The highest BCUT2D eigenvalue weighted by molar-refractivity contribution is 5.83. The summed E-state index contributed by atoms with van der Waals surface area (Å²) in [6.45, 7) is 3.77. The van der Waals surface area contributed by atoms with Gasteiger partial charge in [-0.25, -0.2) is 4.79 Å². The highest BCUT2D eigenvalue weighted by Gasteiger charge is 2.38. The molecule has 4 nitrogen and oxygen atoms in total. The minimum absolute atomic E-state index is 0.298. The van der Waals surface area contributed by atoms with E-state index in [9.17, 15) is 14.7 Å². The van der Waals surface area contributed by atoms with Gasteiger partial charge in [0.2, 0.25) is 6.41 Å². The number of hydrogen-bond donors (Lipinski definition) is 2. The van der Waals surface area contributed by atoms with Crippen molar-refractivity contribution in [2.24, 2.45) is 0 Å². The van der Waals surface area contributed by atoms with Gasteiger partial charge < -0.3 is 10.4 Å². The second-order valence-electron chi connectivity index (χ2n) is 3.88. The first-order valence-electron chi connectivity index (χ1n) is 5.64. The van der Waals surface area contributed by atoms with Crippen LogP contribution in [-0.4, -0.2) is 17.5 Å². The van der Waals surface area contributed by atoms with E-state index in [1.165, 1.54) is 0 Å². The van der Waals surface area contributed by atoms with Crippen LogP contribution in [0.1, 0.15) is 31.4 Å². The number of rotatable bonds is 6. The number of carbonyl (C=O) groups excluding carboxylic acids is 1. The van der Waals surface area contributed by atoms with Crippen LogP contribution in [0.25, 0.3) is 0 Å². The fourth-order valence-corrected chi connectivity index (χ4v) is 1.85. The fourth-order valence-electron chi connectivity index (χ4n) is 1.85. The van der Waals surface area contributed by atoms with Gasteiger partial charge in [0, 0.05) is 0 Å². The molecule has 0 heterocycles. The maximum Gasteiger partial charge on any atom is 0.334 e. The van der Waals surface area contributed by atoms with E-state index in [0.29, 0.717) is 18.4 Å². The molecule has 0 aliphatic heterocycles. The molecule has 4 heteroatoms. The summed E-state index contributed by atoms with van der Waals surface area (Å²) in [7, 11) is 0. The van der Waals surface area contributed by atoms with Crippen molar-refractivity contribution in [3.63, 3.8) is 0 Å². The SMILES string of the molecule is CCc1ccc(C(CC)(NC=O)C(=O)O)cc1. The third-order valence-corrected chi connectivity index (χ3v) is 3.06. The lowest BCUT2D eigenvalue weighted by atomic mass is 9.87. The van der Waals surface area contributed by atoms with E-state index in [4.69, 9.17) is 0 Å². The molecule has 1 unspecified atom stereocenters. The summed E-state index contributed by atoms with van der Waals surface area (Å²) >= 11 is 0. The summed E-state index contributed by atoms with van der Waals surface area (Å²) in [5, 5.41) is 11.7. The van der Waals surface area contributed by atoms with Gasteiger partial charge in [-0.05, 0) is 24.0 Å². The summed E-state index contributed by atoms with van der Waals surface area (Å²) in [6, 6.07) is 7.28. The van der Waals surface area contributed by atoms with E-state index in [2.05, 4.69) is 5.32 Å². The molecule has 2 N–H and O–H groups in total. The number of hydrogen-bond acceptors (Lipinski definition) is 2. The molecule has 17 heavy (non-hydrogen) atoms. The summed E-state index contributed by atoms with van der Waals surface area (Å²) in [5.74, 6) is -1.05. The molecule has 92 valence electrons. The highest BCUT2D eigenvalue weighted by Crippen LogP contribution is 2.25. The predicted octanol–water partition coefficient (Wildman–Crippen LogP) is 1.68. The van der Waals surface area contributed by atoms with Crippen LogP contribution in [-0.2, 0) is 21.5 Å². The van der Waals surface area contributed by atoms with Gasteiger partial charge in [-0.2, -0.15) is 0 Å². The number of aliphatic carboxylic acids is 1. The molecule has 0 radical (unpaired) electrons. The van der Waals surface area contributed by atoms with E-state index in [1.54, 1.807) is 19.1 Å². The Labute approximate surface area is 101 Å². The Morgan fingerprint density at radius 3 is 2.29 bits per heavy atom. The monoisotopic (exact) mass is 235 g/mol. The van der Waals surface area contributed by atoms with E-state index < -0.39 is 11.5 Å². The number of amides is 1. The molecule has 1 aromatic rings. The van der Waals surface area contributed by atoms with Crippen LogP contribution < -0.4 is 5.32 Å². The van der Waals surface area contributed by atoms with Gasteiger partial charge in [-0.15, -0.1) is 0 Å². The Hall–Kier alpha value is -1.84. The third kappa shape index (κ3) is 2.46. The average Bonchev–Trinajstić information content (AvgIpc) is 2.36. The molecule has 0 fully saturated rings. The summed E-state index contributed by atoms with van der Waals surface area (Å²) in [4.78, 5) is 22.0. The van der Waals surface area contributed by atoms with Crippen LogP contribution in [0.4, 0.5) is 0 Å². The average molecular weight is 235 g/mol. The molecular formula is C13H17NO3. The van der Waals surface area contributed by atoms with Crippen LogP contribution in [0.3, 0.4) is 0 Å². The van der Waals surface area contributed by atoms with Crippen LogP contribution in [0.5, 0.6) is 0 Å². The summed E-state index contributed by atoms with van der Waals surface area (Å²) < 4.78 is 0. The molecule has 1 aromatic carbocycles. The number of nitrogens with one attached hydrogen (secondary N) is 1. The maximum absolute atomic E-state index is 11.4. The van der Waals surface area contributed by atoms with E-state index in [0.717, 1.165) is 12.0 Å². The Balaban J connectivity index is 3.20. The first-order valence-corrected chi connectivity index (χ1v) is 5.64. The zero-order valence-electron chi connectivity index (χ0n) is 10.1. The first-order chi connectivity index (χ1) is 8.10. The molecule has 1 rings (SSSR count). The van der Waals surface area contributed by atoms with Gasteiger partial charge in [0.15, 0.2) is 5.54 Å². The number of carboxylic acid groups (broad SMARTS) is 1. The third-order valence-electron chi connectivity index (χ3n) is 3.06. The Kier molecular flexibility index (Phi) is 4.26. The summed E-state index contributed by atoms with van der Waals surface area (Å²) in [6.07, 6.45) is 1.63. The minimum atomic E-state index is -1.33. The number of carboxylic acids is 1. The number of aryl methyl sites for hydroxylation is 1. The zero-order chi connectivity index (χ0) is 12.9. The lowest BCUT2D eigenvalue weighted by Gasteiger charge is -2.28. The molecule has 1 amide bonds. The second-order valence-corrected chi connectivity index (χ2v) is 3.88. The van der Waals surface area contributed by atoms with Crippen molar-refractivity contribution in [3.05, 3.63) is 35.4 Å². The molecule has 0 saturated heterocycles. The lowest BCUT2D eigenvalue weighted by molar-refractivity contribution is -0.147. The van der Waals surface area contributed by atoms with E-state index in [1.807, 2.05) is 19.1 Å². The quantitative estimate of drug-likeness (QED) is 0.737. The highest BCUT2D eigenvalue weighted by atomic mass is 16.4.